The second-order valence-electron chi connectivity index (χ2n) is 5.77. The summed E-state index contributed by atoms with van der Waals surface area (Å²) in [5.41, 5.74) is 0.996. The van der Waals surface area contributed by atoms with E-state index >= 15 is 0 Å². The van der Waals surface area contributed by atoms with Gasteiger partial charge < -0.3 is 9.67 Å². The number of thiophene rings is 2. The Hall–Kier alpha value is -2.88. The standard InChI is InChI=1S/C20H14N2O2S2/c1-2-22-16-6-4-3-5-14(16)15-10-18(26-19(15)22)17-8-7-13(25-17)9-12(11-21)20(23)24/h3-10H,2H2,1H3,(H,23,24). The van der Waals surface area contributed by atoms with E-state index in [0.717, 1.165) is 21.2 Å². The molecule has 0 fully saturated rings. The molecule has 3 aromatic heterocycles. The van der Waals surface area contributed by atoms with E-state index in [4.69, 9.17) is 10.4 Å². The summed E-state index contributed by atoms with van der Waals surface area (Å²) in [5, 5.41) is 20.4. The fourth-order valence-electron chi connectivity index (χ4n) is 3.10. The molecule has 128 valence electrons. The maximum absolute atomic E-state index is 11.0. The third-order valence-electron chi connectivity index (χ3n) is 4.27. The van der Waals surface area contributed by atoms with Crippen LogP contribution in [-0.4, -0.2) is 15.6 Å². The number of carboxylic acid groups (broad SMARTS) is 1. The summed E-state index contributed by atoms with van der Waals surface area (Å²) in [5.74, 6) is -1.20. The van der Waals surface area contributed by atoms with Crippen LogP contribution in [-0.2, 0) is 11.3 Å². The Morgan fingerprint density at radius 3 is 2.73 bits per heavy atom. The summed E-state index contributed by atoms with van der Waals surface area (Å²) in [4.78, 5) is 15.2. The zero-order chi connectivity index (χ0) is 18.3. The SMILES string of the molecule is CCn1c2ccccc2c2cc(-c3ccc(C=C(C#N)C(=O)O)s3)sc21. The highest BCUT2D eigenvalue weighted by Crippen LogP contribution is 2.41. The summed E-state index contributed by atoms with van der Waals surface area (Å²) in [6.07, 6.45) is 1.42. The van der Waals surface area contributed by atoms with E-state index in [9.17, 15) is 4.79 Å². The molecule has 4 rings (SSSR count). The van der Waals surface area contributed by atoms with Crippen LogP contribution in [0.2, 0.25) is 0 Å². The summed E-state index contributed by atoms with van der Waals surface area (Å²) >= 11 is 3.24. The van der Waals surface area contributed by atoms with E-state index in [0.29, 0.717) is 0 Å². The molecule has 3 heterocycles. The number of nitriles is 1. The lowest BCUT2D eigenvalue weighted by Gasteiger charge is -2.01. The molecule has 6 heteroatoms. The topological polar surface area (TPSA) is 66.0 Å². The average molecular weight is 378 g/mol. The van der Waals surface area contributed by atoms with Crippen LogP contribution in [0, 0.1) is 11.3 Å². The number of aryl methyl sites for hydroxylation is 1. The normalized spacial score (nSPS) is 11.9. The molecule has 0 saturated heterocycles. The van der Waals surface area contributed by atoms with Gasteiger partial charge in [0.05, 0.1) is 0 Å². The van der Waals surface area contributed by atoms with E-state index < -0.39 is 5.97 Å². The molecule has 26 heavy (non-hydrogen) atoms. The number of aliphatic carboxylic acids is 1. The van der Waals surface area contributed by atoms with Crippen molar-refractivity contribution in [3.63, 3.8) is 0 Å². The number of para-hydroxylation sites is 1. The van der Waals surface area contributed by atoms with Crippen molar-refractivity contribution in [3.05, 3.63) is 52.9 Å². The van der Waals surface area contributed by atoms with E-state index in [-0.39, 0.29) is 5.57 Å². The van der Waals surface area contributed by atoms with Crippen molar-refractivity contribution in [2.75, 3.05) is 0 Å². The molecule has 0 bridgehead atoms. The predicted molar refractivity (Wildman–Crippen MR) is 108 cm³/mol. The van der Waals surface area contributed by atoms with Crippen molar-refractivity contribution in [1.82, 2.24) is 4.57 Å². The smallest absolute Gasteiger partial charge is 0.346 e. The van der Waals surface area contributed by atoms with Gasteiger partial charge in [-0.1, -0.05) is 18.2 Å². The lowest BCUT2D eigenvalue weighted by atomic mass is 10.2. The Labute approximate surface area is 157 Å². The van der Waals surface area contributed by atoms with Crippen LogP contribution in [0.1, 0.15) is 11.8 Å². The van der Waals surface area contributed by atoms with Crippen molar-refractivity contribution in [2.45, 2.75) is 13.5 Å². The molecule has 0 unspecified atom stereocenters. The molecule has 1 N–H and O–H groups in total. The van der Waals surface area contributed by atoms with Gasteiger partial charge in [0, 0.05) is 37.5 Å². The summed E-state index contributed by atoms with van der Waals surface area (Å²) in [7, 11) is 0. The number of benzene rings is 1. The minimum absolute atomic E-state index is 0.252. The first-order valence-corrected chi connectivity index (χ1v) is 9.71. The first-order valence-electron chi connectivity index (χ1n) is 8.08. The Kier molecular flexibility index (Phi) is 4.11. The number of nitrogens with zero attached hydrogens (tertiary/aromatic N) is 2. The van der Waals surface area contributed by atoms with Crippen LogP contribution < -0.4 is 0 Å². The van der Waals surface area contributed by atoms with Crippen molar-refractivity contribution in [1.29, 1.82) is 5.26 Å². The number of carboxylic acids is 1. The van der Waals surface area contributed by atoms with Gasteiger partial charge in [-0.05, 0) is 37.3 Å². The van der Waals surface area contributed by atoms with Crippen LogP contribution in [0.3, 0.4) is 0 Å². The highest BCUT2D eigenvalue weighted by atomic mass is 32.1. The maximum Gasteiger partial charge on any atom is 0.346 e. The largest absolute Gasteiger partial charge is 0.477 e. The molecule has 0 saturated carbocycles. The first kappa shape index (κ1) is 16.6. The Morgan fingerprint density at radius 1 is 1.19 bits per heavy atom. The van der Waals surface area contributed by atoms with Gasteiger partial charge in [-0.25, -0.2) is 4.79 Å². The highest BCUT2D eigenvalue weighted by molar-refractivity contribution is 7.26. The molecule has 0 aliphatic carbocycles. The second-order valence-corrected chi connectivity index (χ2v) is 7.91. The van der Waals surface area contributed by atoms with E-state index in [1.807, 2.05) is 12.1 Å². The van der Waals surface area contributed by atoms with Gasteiger partial charge in [0.15, 0.2) is 0 Å². The highest BCUT2D eigenvalue weighted by Gasteiger charge is 2.15. The van der Waals surface area contributed by atoms with Crippen LogP contribution in [0.15, 0.2) is 48.0 Å². The van der Waals surface area contributed by atoms with Gasteiger partial charge in [-0.2, -0.15) is 5.26 Å². The minimum atomic E-state index is -1.20. The fourth-order valence-corrected chi connectivity index (χ4v) is 5.39. The molecular formula is C20H14N2O2S2. The minimum Gasteiger partial charge on any atom is -0.477 e. The Morgan fingerprint density at radius 2 is 2.00 bits per heavy atom. The van der Waals surface area contributed by atoms with Gasteiger partial charge in [-0.15, -0.1) is 22.7 Å². The van der Waals surface area contributed by atoms with Gasteiger partial charge in [-0.3, -0.25) is 0 Å². The fraction of sp³-hybridized carbons (Fsp3) is 0.100. The summed E-state index contributed by atoms with van der Waals surface area (Å²) in [6, 6.07) is 16.2. The molecule has 0 aliphatic rings. The van der Waals surface area contributed by atoms with Crippen molar-refractivity contribution in [3.8, 4) is 15.8 Å². The number of carbonyl (C=O) groups is 1. The Balaban J connectivity index is 1.81. The lowest BCUT2D eigenvalue weighted by molar-refractivity contribution is -0.132. The van der Waals surface area contributed by atoms with E-state index in [1.54, 1.807) is 17.4 Å². The van der Waals surface area contributed by atoms with Gasteiger partial charge >= 0.3 is 5.97 Å². The molecular weight excluding hydrogens is 364 g/mol. The zero-order valence-electron chi connectivity index (χ0n) is 13.9. The molecule has 1 aromatic carbocycles. The average Bonchev–Trinajstić information content (AvgIpc) is 3.33. The summed E-state index contributed by atoms with van der Waals surface area (Å²) < 4.78 is 2.32. The van der Waals surface area contributed by atoms with Crippen LogP contribution in [0.4, 0.5) is 0 Å². The van der Waals surface area contributed by atoms with Crippen molar-refractivity contribution >= 4 is 55.8 Å². The van der Waals surface area contributed by atoms with Crippen LogP contribution in [0.25, 0.3) is 36.9 Å². The van der Waals surface area contributed by atoms with E-state index in [2.05, 4.69) is 41.8 Å². The molecule has 4 aromatic rings. The maximum atomic E-state index is 11.0. The van der Waals surface area contributed by atoms with Gasteiger partial charge in [0.2, 0.25) is 0 Å². The van der Waals surface area contributed by atoms with Gasteiger partial charge in [0.1, 0.15) is 16.5 Å². The number of hydrogen-bond donors (Lipinski definition) is 1. The van der Waals surface area contributed by atoms with Crippen molar-refractivity contribution in [2.24, 2.45) is 0 Å². The molecule has 0 atom stereocenters. The predicted octanol–water partition coefficient (Wildman–Crippen LogP) is 5.60. The number of aromatic nitrogens is 1. The van der Waals surface area contributed by atoms with Crippen molar-refractivity contribution < 1.29 is 9.90 Å². The lowest BCUT2D eigenvalue weighted by Crippen LogP contribution is -1.96. The third kappa shape index (κ3) is 2.62. The Bertz CT molecular complexity index is 1220. The van der Waals surface area contributed by atoms with Crippen LogP contribution >= 0.6 is 22.7 Å². The summed E-state index contributed by atoms with van der Waals surface area (Å²) in [6.45, 7) is 3.06. The molecule has 0 radical (unpaired) electrons. The number of hydrogen-bond acceptors (Lipinski definition) is 4. The monoisotopic (exact) mass is 378 g/mol. The van der Waals surface area contributed by atoms with Gasteiger partial charge in [0.25, 0.3) is 0 Å². The second kappa shape index (κ2) is 6.45. The molecule has 0 spiro atoms. The third-order valence-corrected chi connectivity index (χ3v) is 6.65. The van der Waals surface area contributed by atoms with E-state index in [1.165, 1.54) is 38.5 Å². The number of rotatable bonds is 4. The molecule has 4 nitrogen and oxygen atoms in total. The molecule has 0 aliphatic heterocycles. The van der Waals surface area contributed by atoms with Crippen LogP contribution in [0.5, 0.6) is 0 Å². The molecule has 0 amide bonds. The quantitative estimate of drug-likeness (QED) is 0.371. The first-order chi connectivity index (χ1) is 12.6. The zero-order valence-corrected chi connectivity index (χ0v) is 15.5. The number of fused-ring (bicyclic) bond motifs is 3.